The standard InChI is InChI=1S/C9H17F2NO/c1-7(2)8(12-3)4-5-13-6-9(10)11/h8-9,12H,1,4-6H2,2-3H3. The molecular formula is C9H17F2NO. The van der Waals surface area contributed by atoms with Crippen LogP contribution in [0.2, 0.25) is 0 Å². The Bertz CT molecular complexity index is 151. The fourth-order valence-electron chi connectivity index (χ4n) is 1.01. The summed E-state index contributed by atoms with van der Waals surface area (Å²) in [6, 6.07) is 0.151. The lowest BCUT2D eigenvalue weighted by molar-refractivity contribution is 0.0154. The predicted molar refractivity (Wildman–Crippen MR) is 49.1 cm³/mol. The second kappa shape index (κ2) is 6.97. The van der Waals surface area contributed by atoms with Gasteiger partial charge in [-0.2, -0.15) is 0 Å². The van der Waals surface area contributed by atoms with Gasteiger partial charge in [0.05, 0.1) is 0 Å². The van der Waals surface area contributed by atoms with Crippen LogP contribution < -0.4 is 5.32 Å². The molecule has 0 aromatic rings. The molecule has 2 nitrogen and oxygen atoms in total. The highest BCUT2D eigenvalue weighted by Gasteiger charge is 2.07. The normalized spacial score (nSPS) is 13.3. The predicted octanol–water partition coefficient (Wildman–Crippen LogP) is 1.82. The molecule has 0 heterocycles. The zero-order chi connectivity index (χ0) is 10.3. The second-order valence-corrected chi connectivity index (χ2v) is 2.94. The van der Waals surface area contributed by atoms with E-state index in [1.54, 1.807) is 0 Å². The van der Waals surface area contributed by atoms with E-state index in [1.807, 2.05) is 14.0 Å². The summed E-state index contributed by atoms with van der Waals surface area (Å²) in [5.74, 6) is 0. The van der Waals surface area contributed by atoms with E-state index in [1.165, 1.54) is 0 Å². The Morgan fingerprint density at radius 1 is 1.54 bits per heavy atom. The van der Waals surface area contributed by atoms with Gasteiger partial charge in [0.25, 0.3) is 6.43 Å². The van der Waals surface area contributed by atoms with Gasteiger partial charge in [0, 0.05) is 12.6 Å². The molecule has 0 spiro atoms. The summed E-state index contributed by atoms with van der Waals surface area (Å²) in [6.45, 7) is 5.53. The smallest absolute Gasteiger partial charge is 0.261 e. The van der Waals surface area contributed by atoms with E-state index in [0.29, 0.717) is 13.0 Å². The van der Waals surface area contributed by atoms with Crippen LogP contribution in [-0.2, 0) is 4.74 Å². The molecule has 0 fully saturated rings. The fraction of sp³-hybridized carbons (Fsp3) is 0.778. The van der Waals surface area contributed by atoms with Crippen LogP contribution in [0, 0.1) is 0 Å². The molecule has 0 bridgehead atoms. The van der Waals surface area contributed by atoms with Crippen molar-refractivity contribution in [3.05, 3.63) is 12.2 Å². The number of halogens is 2. The molecule has 0 aromatic carbocycles. The lowest BCUT2D eigenvalue weighted by Gasteiger charge is -2.15. The third-order valence-corrected chi connectivity index (χ3v) is 1.74. The summed E-state index contributed by atoms with van der Waals surface area (Å²) in [5.41, 5.74) is 0.989. The Morgan fingerprint density at radius 3 is 2.54 bits per heavy atom. The van der Waals surface area contributed by atoms with E-state index in [9.17, 15) is 8.78 Å². The van der Waals surface area contributed by atoms with Crippen molar-refractivity contribution in [2.24, 2.45) is 0 Å². The number of ether oxygens (including phenoxy) is 1. The van der Waals surface area contributed by atoms with Crippen molar-refractivity contribution in [3.8, 4) is 0 Å². The largest absolute Gasteiger partial charge is 0.375 e. The van der Waals surface area contributed by atoms with Gasteiger partial charge < -0.3 is 10.1 Å². The van der Waals surface area contributed by atoms with E-state index in [4.69, 9.17) is 4.74 Å². The minimum atomic E-state index is -2.38. The molecule has 1 N–H and O–H groups in total. The van der Waals surface area contributed by atoms with Crippen molar-refractivity contribution in [1.82, 2.24) is 5.32 Å². The SMILES string of the molecule is C=C(C)C(CCOCC(F)F)NC. The Labute approximate surface area is 78.0 Å². The first-order valence-electron chi connectivity index (χ1n) is 4.26. The van der Waals surface area contributed by atoms with Crippen molar-refractivity contribution in [1.29, 1.82) is 0 Å². The van der Waals surface area contributed by atoms with Crippen molar-refractivity contribution in [3.63, 3.8) is 0 Å². The number of alkyl halides is 2. The zero-order valence-corrected chi connectivity index (χ0v) is 8.15. The first-order chi connectivity index (χ1) is 6.07. The lowest BCUT2D eigenvalue weighted by Crippen LogP contribution is -2.27. The first-order valence-corrected chi connectivity index (χ1v) is 4.26. The highest BCUT2D eigenvalue weighted by atomic mass is 19.3. The summed E-state index contributed by atoms with van der Waals surface area (Å²) < 4.78 is 28.0. The highest BCUT2D eigenvalue weighted by Crippen LogP contribution is 2.03. The highest BCUT2D eigenvalue weighted by molar-refractivity contribution is 5.00. The minimum Gasteiger partial charge on any atom is -0.375 e. The molecule has 13 heavy (non-hydrogen) atoms. The molecule has 0 saturated carbocycles. The Kier molecular flexibility index (Phi) is 6.72. The number of hydrogen-bond donors (Lipinski definition) is 1. The molecule has 0 aliphatic heterocycles. The Balaban J connectivity index is 3.44. The number of likely N-dealkylation sites (N-methyl/N-ethyl adjacent to an activating group) is 1. The van der Waals surface area contributed by atoms with E-state index in [-0.39, 0.29) is 6.04 Å². The third-order valence-electron chi connectivity index (χ3n) is 1.74. The maximum atomic E-state index is 11.6. The molecule has 0 radical (unpaired) electrons. The zero-order valence-electron chi connectivity index (χ0n) is 8.15. The first kappa shape index (κ1) is 12.5. The molecule has 78 valence electrons. The number of rotatable bonds is 7. The fourth-order valence-corrected chi connectivity index (χ4v) is 1.01. The summed E-state index contributed by atoms with van der Waals surface area (Å²) in [5, 5.41) is 3.02. The average molecular weight is 193 g/mol. The van der Waals surface area contributed by atoms with Crippen molar-refractivity contribution < 1.29 is 13.5 Å². The molecule has 0 saturated heterocycles. The van der Waals surface area contributed by atoms with Crippen LogP contribution in [0.4, 0.5) is 8.78 Å². The van der Waals surface area contributed by atoms with Crippen molar-refractivity contribution in [2.75, 3.05) is 20.3 Å². The van der Waals surface area contributed by atoms with E-state index in [0.717, 1.165) is 5.57 Å². The van der Waals surface area contributed by atoms with Gasteiger partial charge in [-0.15, -0.1) is 0 Å². The van der Waals surface area contributed by atoms with Crippen molar-refractivity contribution >= 4 is 0 Å². The molecular weight excluding hydrogens is 176 g/mol. The molecule has 0 aliphatic carbocycles. The molecule has 4 heteroatoms. The van der Waals surface area contributed by atoms with Crippen LogP contribution in [0.3, 0.4) is 0 Å². The average Bonchev–Trinajstić information content (AvgIpc) is 2.03. The van der Waals surface area contributed by atoms with Gasteiger partial charge in [0.2, 0.25) is 0 Å². The van der Waals surface area contributed by atoms with E-state index >= 15 is 0 Å². The third kappa shape index (κ3) is 6.66. The number of hydrogen-bond acceptors (Lipinski definition) is 2. The Hall–Kier alpha value is -0.480. The maximum absolute atomic E-state index is 11.6. The maximum Gasteiger partial charge on any atom is 0.261 e. The second-order valence-electron chi connectivity index (χ2n) is 2.94. The molecule has 0 aromatic heterocycles. The van der Waals surface area contributed by atoms with E-state index < -0.39 is 13.0 Å². The van der Waals surface area contributed by atoms with Gasteiger partial charge in [-0.05, 0) is 20.4 Å². The van der Waals surface area contributed by atoms with Crippen LogP contribution in [0.25, 0.3) is 0 Å². The van der Waals surface area contributed by atoms with Crippen LogP contribution >= 0.6 is 0 Å². The Morgan fingerprint density at radius 2 is 2.15 bits per heavy atom. The summed E-state index contributed by atoms with van der Waals surface area (Å²) >= 11 is 0. The summed E-state index contributed by atoms with van der Waals surface area (Å²) in [6.07, 6.45) is -1.70. The van der Waals surface area contributed by atoms with Gasteiger partial charge in [0.15, 0.2) is 0 Å². The molecule has 0 aliphatic rings. The van der Waals surface area contributed by atoms with Gasteiger partial charge in [-0.3, -0.25) is 0 Å². The number of nitrogens with one attached hydrogen (secondary N) is 1. The molecule has 0 rings (SSSR count). The van der Waals surface area contributed by atoms with Crippen LogP contribution in [0.5, 0.6) is 0 Å². The molecule has 0 amide bonds. The van der Waals surface area contributed by atoms with Crippen molar-refractivity contribution in [2.45, 2.75) is 25.8 Å². The lowest BCUT2D eigenvalue weighted by atomic mass is 10.1. The van der Waals surface area contributed by atoms with E-state index in [2.05, 4.69) is 11.9 Å². The van der Waals surface area contributed by atoms with Crippen LogP contribution in [0.15, 0.2) is 12.2 Å². The van der Waals surface area contributed by atoms with Gasteiger partial charge in [0.1, 0.15) is 6.61 Å². The quantitative estimate of drug-likeness (QED) is 0.492. The van der Waals surface area contributed by atoms with Gasteiger partial charge in [-0.1, -0.05) is 12.2 Å². The van der Waals surface area contributed by atoms with Crippen LogP contribution in [0.1, 0.15) is 13.3 Å². The van der Waals surface area contributed by atoms with Gasteiger partial charge >= 0.3 is 0 Å². The minimum absolute atomic E-state index is 0.151. The monoisotopic (exact) mass is 193 g/mol. The van der Waals surface area contributed by atoms with Gasteiger partial charge in [-0.25, -0.2) is 8.78 Å². The summed E-state index contributed by atoms with van der Waals surface area (Å²) in [4.78, 5) is 0. The topological polar surface area (TPSA) is 21.3 Å². The molecule has 1 unspecified atom stereocenters. The molecule has 1 atom stereocenters. The van der Waals surface area contributed by atoms with Crippen LogP contribution in [-0.4, -0.2) is 32.7 Å². The summed E-state index contributed by atoms with van der Waals surface area (Å²) in [7, 11) is 1.81.